The van der Waals surface area contributed by atoms with E-state index in [-0.39, 0.29) is 11.7 Å². The number of ether oxygens (including phenoxy) is 1. The van der Waals surface area contributed by atoms with Crippen molar-refractivity contribution in [2.45, 2.75) is 33.9 Å². The Balaban J connectivity index is 1.94. The fourth-order valence-electron chi connectivity index (χ4n) is 4.20. The van der Waals surface area contributed by atoms with Gasteiger partial charge in [0.05, 0.1) is 41.9 Å². The third kappa shape index (κ3) is 5.91. The van der Waals surface area contributed by atoms with Crippen LogP contribution in [0.1, 0.15) is 37.6 Å². The number of benzene rings is 1. The summed E-state index contributed by atoms with van der Waals surface area (Å²) in [4.78, 5) is 13.0. The summed E-state index contributed by atoms with van der Waals surface area (Å²) in [7, 11) is 3.60. The molecule has 38 heavy (non-hydrogen) atoms. The van der Waals surface area contributed by atoms with Gasteiger partial charge in [-0.05, 0) is 48.7 Å². The van der Waals surface area contributed by atoms with Crippen molar-refractivity contribution in [1.82, 2.24) is 25.0 Å². The third-order valence-corrected chi connectivity index (χ3v) is 6.06. The first-order chi connectivity index (χ1) is 18.3. The van der Waals surface area contributed by atoms with Gasteiger partial charge in [0.1, 0.15) is 17.3 Å². The Morgan fingerprint density at radius 1 is 1.18 bits per heavy atom. The molecule has 4 aromatic rings. The first-order valence-corrected chi connectivity index (χ1v) is 12.6. The number of hydrogen-bond donors (Lipinski definition) is 3. The minimum Gasteiger partial charge on any atom is -0.508 e. The zero-order valence-corrected chi connectivity index (χ0v) is 22.4. The van der Waals surface area contributed by atoms with Crippen LogP contribution in [0.4, 0.5) is 11.5 Å². The minimum atomic E-state index is -0.0297. The molecule has 0 saturated heterocycles. The summed E-state index contributed by atoms with van der Waals surface area (Å²) in [6.45, 7) is 7.36. The van der Waals surface area contributed by atoms with Gasteiger partial charge in [-0.1, -0.05) is 26.0 Å². The first kappa shape index (κ1) is 26.6. The number of pyridine rings is 2. The molecule has 198 valence electrons. The maximum atomic E-state index is 9.83. The average Bonchev–Trinajstić information content (AvgIpc) is 3.33. The Labute approximate surface area is 222 Å². The Hall–Kier alpha value is -4.47. The third-order valence-electron chi connectivity index (χ3n) is 6.06. The molecule has 4 rings (SSSR count). The molecule has 0 spiro atoms. The van der Waals surface area contributed by atoms with E-state index in [4.69, 9.17) is 15.1 Å². The van der Waals surface area contributed by atoms with Crippen molar-refractivity contribution in [3.05, 3.63) is 71.7 Å². The zero-order valence-electron chi connectivity index (χ0n) is 22.4. The molecule has 0 bridgehead atoms. The second kappa shape index (κ2) is 11.7. The van der Waals surface area contributed by atoms with Gasteiger partial charge in [0.25, 0.3) is 0 Å². The SMILES string of the molecule is CCOc1ncccc1-c1cc(N(Cc2ccc(O)cc2)Cc2cnn(C)n2)c(C(=N)C(C)C)c(NC)n1. The molecule has 0 amide bonds. The van der Waals surface area contributed by atoms with Crippen molar-refractivity contribution in [3.8, 4) is 22.9 Å². The standard InChI is InChI=1S/C28H34N8O2/c1-6-38-28-22(8-7-13-31-28)23-14-24(25(26(29)18(2)3)27(30-4)33-23)36(17-20-15-32-35(5)34-20)16-19-9-11-21(37)12-10-19/h7-15,18,29,37H,6,16-17H2,1-5H3,(H,30,33). The van der Waals surface area contributed by atoms with Crippen LogP contribution in [0.3, 0.4) is 0 Å². The number of nitrogens with one attached hydrogen (secondary N) is 2. The van der Waals surface area contributed by atoms with Gasteiger partial charge < -0.3 is 25.5 Å². The zero-order chi connectivity index (χ0) is 27.2. The van der Waals surface area contributed by atoms with Gasteiger partial charge in [-0.3, -0.25) is 0 Å². The molecule has 0 aliphatic rings. The topological polar surface area (TPSA) is 125 Å². The summed E-state index contributed by atoms with van der Waals surface area (Å²) in [5.74, 6) is 1.27. The number of nitrogens with zero attached hydrogens (tertiary/aromatic N) is 6. The smallest absolute Gasteiger partial charge is 0.222 e. The van der Waals surface area contributed by atoms with E-state index in [9.17, 15) is 5.11 Å². The number of phenols is 1. The number of aromatic nitrogens is 5. The molecule has 0 saturated carbocycles. The Morgan fingerprint density at radius 2 is 1.95 bits per heavy atom. The van der Waals surface area contributed by atoms with Crippen LogP contribution >= 0.6 is 0 Å². The highest BCUT2D eigenvalue weighted by Crippen LogP contribution is 2.37. The van der Waals surface area contributed by atoms with Crippen molar-refractivity contribution in [3.63, 3.8) is 0 Å². The van der Waals surface area contributed by atoms with Crippen molar-refractivity contribution >= 4 is 17.2 Å². The monoisotopic (exact) mass is 514 g/mol. The van der Waals surface area contributed by atoms with E-state index >= 15 is 0 Å². The second-order valence-corrected chi connectivity index (χ2v) is 9.21. The minimum absolute atomic E-state index is 0.0297. The number of phenolic OH excluding ortho intramolecular Hbond substituents is 1. The predicted octanol–water partition coefficient (Wildman–Crippen LogP) is 4.65. The van der Waals surface area contributed by atoms with Crippen LogP contribution in [0.15, 0.2) is 54.9 Å². The van der Waals surface area contributed by atoms with E-state index in [1.165, 1.54) is 4.80 Å². The van der Waals surface area contributed by atoms with Gasteiger partial charge >= 0.3 is 0 Å². The molecule has 0 atom stereocenters. The second-order valence-electron chi connectivity index (χ2n) is 9.21. The maximum absolute atomic E-state index is 9.83. The molecule has 0 aliphatic heterocycles. The number of anilines is 2. The fraction of sp³-hybridized carbons (Fsp3) is 0.321. The molecule has 3 heterocycles. The molecular weight excluding hydrogens is 480 g/mol. The van der Waals surface area contributed by atoms with Gasteiger partial charge in [0.15, 0.2) is 0 Å². The predicted molar refractivity (Wildman–Crippen MR) is 149 cm³/mol. The van der Waals surface area contributed by atoms with E-state index in [1.807, 2.05) is 58.2 Å². The summed E-state index contributed by atoms with van der Waals surface area (Å²) in [5.41, 5.74) is 5.23. The fourth-order valence-corrected chi connectivity index (χ4v) is 4.20. The van der Waals surface area contributed by atoms with Crippen LogP contribution in [0.5, 0.6) is 11.6 Å². The van der Waals surface area contributed by atoms with E-state index in [1.54, 1.807) is 31.6 Å². The summed E-state index contributed by atoms with van der Waals surface area (Å²) in [6.07, 6.45) is 3.44. The molecular formula is C28H34N8O2. The van der Waals surface area contributed by atoms with Crippen molar-refractivity contribution in [2.24, 2.45) is 13.0 Å². The van der Waals surface area contributed by atoms with Crippen LogP contribution in [0.2, 0.25) is 0 Å². The van der Waals surface area contributed by atoms with Gasteiger partial charge in [0, 0.05) is 32.5 Å². The Bertz CT molecular complexity index is 1400. The molecule has 0 fully saturated rings. The maximum Gasteiger partial charge on any atom is 0.222 e. The number of aromatic hydroxyl groups is 1. The Morgan fingerprint density at radius 3 is 2.58 bits per heavy atom. The van der Waals surface area contributed by atoms with Gasteiger partial charge in [-0.15, -0.1) is 0 Å². The molecule has 10 nitrogen and oxygen atoms in total. The highest BCUT2D eigenvalue weighted by Gasteiger charge is 2.25. The van der Waals surface area contributed by atoms with Crippen LogP contribution < -0.4 is 15.0 Å². The summed E-state index contributed by atoms with van der Waals surface area (Å²) < 4.78 is 5.81. The highest BCUT2D eigenvalue weighted by molar-refractivity contribution is 6.08. The van der Waals surface area contributed by atoms with Crippen LogP contribution in [-0.2, 0) is 20.1 Å². The number of rotatable bonds is 11. The van der Waals surface area contributed by atoms with Crippen molar-refractivity contribution in [2.75, 3.05) is 23.9 Å². The molecule has 3 N–H and O–H groups in total. The van der Waals surface area contributed by atoms with Crippen LogP contribution in [0.25, 0.3) is 11.3 Å². The molecule has 3 aromatic heterocycles. The highest BCUT2D eigenvalue weighted by atomic mass is 16.5. The normalized spacial score (nSPS) is 11.0. The molecule has 0 radical (unpaired) electrons. The summed E-state index contributed by atoms with van der Waals surface area (Å²) >= 11 is 0. The number of aryl methyl sites for hydroxylation is 1. The first-order valence-electron chi connectivity index (χ1n) is 12.6. The lowest BCUT2D eigenvalue weighted by atomic mass is 9.96. The quantitative estimate of drug-likeness (QED) is 0.247. The summed E-state index contributed by atoms with van der Waals surface area (Å²) in [5, 5.41) is 30.8. The van der Waals surface area contributed by atoms with E-state index in [0.717, 1.165) is 28.1 Å². The van der Waals surface area contributed by atoms with Crippen LogP contribution in [0, 0.1) is 11.3 Å². The molecule has 0 aliphatic carbocycles. The van der Waals surface area contributed by atoms with E-state index < -0.39 is 0 Å². The van der Waals surface area contributed by atoms with Gasteiger partial charge in [-0.2, -0.15) is 15.0 Å². The lowest BCUT2D eigenvalue weighted by Gasteiger charge is -2.29. The van der Waals surface area contributed by atoms with E-state index in [2.05, 4.69) is 25.4 Å². The summed E-state index contributed by atoms with van der Waals surface area (Å²) in [6, 6.07) is 12.9. The lowest BCUT2D eigenvalue weighted by molar-refractivity contribution is 0.328. The Kier molecular flexibility index (Phi) is 8.20. The van der Waals surface area contributed by atoms with E-state index in [0.29, 0.717) is 42.8 Å². The average molecular weight is 515 g/mol. The largest absolute Gasteiger partial charge is 0.508 e. The van der Waals surface area contributed by atoms with Crippen LogP contribution in [-0.4, -0.2) is 49.4 Å². The molecule has 10 heteroatoms. The lowest BCUT2D eigenvalue weighted by Crippen LogP contribution is -2.26. The molecule has 0 unspecified atom stereocenters. The van der Waals surface area contributed by atoms with Gasteiger partial charge in [0.2, 0.25) is 5.88 Å². The van der Waals surface area contributed by atoms with Crippen molar-refractivity contribution < 1.29 is 9.84 Å². The molecule has 1 aromatic carbocycles. The van der Waals surface area contributed by atoms with Gasteiger partial charge in [-0.25, -0.2) is 9.97 Å². The number of hydrogen-bond acceptors (Lipinski definition) is 9. The van der Waals surface area contributed by atoms with Crippen molar-refractivity contribution in [1.29, 1.82) is 5.41 Å².